The molecule has 2 aromatic carbocycles. The fourth-order valence-electron chi connectivity index (χ4n) is 6.53. The monoisotopic (exact) mass is 647 g/mol. The van der Waals surface area contributed by atoms with Crippen LogP contribution in [0.1, 0.15) is 113 Å². The number of carbonyl (C=O) groups excluding carboxylic acids is 2. The fraction of sp³-hybridized carbons (Fsp3) is 0.543. The van der Waals surface area contributed by atoms with Gasteiger partial charge in [-0.15, -0.1) is 10.2 Å². The molecule has 1 aliphatic carbocycles. The van der Waals surface area contributed by atoms with Crippen molar-refractivity contribution in [1.82, 2.24) is 30.8 Å². The number of ether oxygens (including phenoxy) is 1. The summed E-state index contributed by atoms with van der Waals surface area (Å²) in [5.41, 5.74) is 2.15. The topological polar surface area (TPSA) is 125 Å². The average molecular weight is 648 g/mol. The highest BCUT2D eigenvalue weighted by Crippen LogP contribution is 2.48. The molecule has 2 aliphatic rings. The lowest BCUT2D eigenvalue weighted by atomic mass is 9.76. The maximum atomic E-state index is 14.5. The fourth-order valence-corrected chi connectivity index (χ4v) is 6.76. The smallest absolute Gasteiger partial charge is 0.275 e. The number of H-pyrrole nitrogens is 1. The number of nitrogens with zero attached hydrogens (tertiary/aromatic N) is 5. The van der Waals surface area contributed by atoms with Crippen molar-refractivity contribution in [2.24, 2.45) is 22.2 Å². The molecule has 3 aromatic rings. The number of aromatic amines is 1. The molecule has 10 nitrogen and oxygen atoms in total. The van der Waals surface area contributed by atoms with Crippen molar-refractivity contribution in [3.05, 3.63) is 70.0 Å². The van der Waals surface area contributed by atoms with Crippen LogP contribution in [-0.2, 0) is 11.3 Å². The summed E-state index contributed by atoms with van der Waals surface area (Å²) in [6, 6.07) is 12.8. The molecule has 1 atom stereocenters. The molecule has 2 heterocycles. The van der Waals surface area contributed by atoms with Gasteiger partial charge in [-0.25, -0.2) is 0 Å². The summed E-state index contributed by atoms with van der Waals surface area (Å²) in [6.07, 6.45) is 5.23. The highest BCUT2D eigenvalue weighted by molar-refractivity contribution is 6.47. The lowest BCUT2D eigenvalue weighted by molar-refractivity contribution is -0.133. The molecule has 0 bridgehead atoms. The SMILES string of the molecule is CC[C@H](c1ccc(C(=O)NCc2nn[nH]n2)cc1)N1C(=O)C(c2ccc(OCCC(C)(C)C)c(Cl)c2)=NC12CCC(C(C)C)CC2. The predicted molar refractivity (Wildman–Crippen MR) is 179 cm³/mol. The Hall–Kier alpha value is -3.79. The maximum Gasteiger partial charge on any atom is 0.275 e. The van der Waals surface area contributed by atoms with Crippen molar-refractivity contribution >= 4 is 29.1 Å². The van der Waals surface area contributed by atoms with E-state index in [1.165, 1.54) is 0 Å². The van der Waals surface area contributed by atoms with Crippen LogP contribution in [-0.4, -0.2) is 55.3 Å². The standard InChI is InChI=1S/C35H46ClN7O3/c1-7-28(24-8-10-25(11-9-24)32(44)37-21-30-39-41-42-40-30)43-33(45)31(38-35(43)16-14-23(15-17-35)22(2)3)26-12-13-29(27(36)20-26)46-19-18-34(4,5)6/h8-13,20,22-23,28H,7,14-19,21H2,1-6H3,(H,37,44)(H,39,40,41,42)/t23?,28-,35?/m1/s1. The number of hydrogen-bond acceptors (Lipinski definition) is 7. The molecule has 2 amide bonds. The minimum Gasteiger partial charge on any atom is -0.492 e. The first kappa shape index (κ1) is 33.6. The van der Waals surface area contributed by atoms with Gasteiger partial charge in [0.05, 0.1) is 24.2 Å². The van der Waals surface area contributed by atoms with Gasteiger partial charge in [-0.3, -0.25) is 14.6 Å². The summed E-state index contributed by atoms with van der Waals surface area (Å²) in [5, 5.41) is 16.9. The molecule has 46 heavy (non-hydrogen) atoms. The molecule has 1 aliphatic heterocycles. The van der Waals surface area contributed by atoms with Crippen LogP contribution in [0.2, 0.25) is 5.02 Å². The van der Waals surface area contributed by atoms with Gasteiger partial charge < -0.3 is 15.0 Å². The van der Waals surface area contributed by atoms with Crippen molar-refractivity contribution in [2.45, 2.75) is 98.3 Å². The normalized spacial score (nSPS) is 20.7. The number of rotatable bonds is 11. The first-order chi connectivity index (χ1) is 21.9. The Kier molecular flexibility index (Phi) is 10.2. The van der Waals surface area contributed by atoms with E-state index in [0.29, 0.717) is 58.3 Å². The van der Waals surface area contributed by atoms with Crippen molar-refractivity contribution in [1.29, 1.82) is 0 Å². The lowest BCUT2D eigenvalue weighted by Crippen LogP contribution is -2.51. The van der Waals surface area contributed by atoms with Crippen LogP contribution in [0.5, 0.6) is 5.75 Å². The van der Waals surface area contributed by atoms with E-state index in [1.54, 1.807) is 12.1 Å². The Morgan fingerprint density at radius 2 is 1.87 bits per heavy atom. The van der Waals surface area contributed by atoms with E-state index in [0.717, 1.165) is 37.7 Å². The van der Waals surface area contributed by atoms with Crippen LogP contribution in [0.25, 0.3) is 0 Å². The molecular formula is C35H46ClN7O3. The number of carbonyl (C=O) groups is 2. The highest BCUT2D eigenvalue weighted by Gasteiger charge is 2.51. The summed E-state index contributed by atoms with van der Waals surface area (Å²) < 4.78 is 5.99. The quantitative estimate of drug-likeness (QED) is 0.233. The second kappa shape index (κ2) is 13.9. The molecule has 0 unspecified atom stereocenters. The van der Waals surface area contributed by atoms with Gasteiger partial charge in [0, 0.05) is 11.1 Å². The molecule has 246 valence electrons. The summed E-state index contributed by atoms with van der Waals surface area (Å²) in [7, 11) is 0. The number of amides is 2. The van der Waals surface area contributed by atoms with E-state index in [1.807, 2.05) is 35.2 Å². The molecule has 0 saturated heterocycles. The van der Waals surface area contributed by atoms with Crippen LogP contribution in [0.3, 0.4) is 0 Å². The number of hydrogen-bond donors (Lipinski definition) is 2. The summed E-state index contributed by atoms with van der Waals surface area (Å²) in [5.74, 6) is 1.87. The van der Waals surface area contributed by atoms with Gasteiger partial charge in [-0.05, 0) is 91.7 Å². The third-order valence-corrected chi connectivity index (χ3v) is 9.63. The number of aromatic nitrogens is 4. The van der Waals surface area contributed by atoms with Gasteiger partial charge >= 0.3 is 0 Å². The predicted octanol–water partition coefficient (Wildman–Crippen LogP) is 6.92. The summed E-state index contributed by atoms with van der Waals surface area (Å²) in [6.45, 7) is 13.9. The Bertz CT molecular complexity index is 1540. The largest absolute Gasteiger partial charge is 0.492 e. The van der Waals surface area contributed by atoms with E-state index in [4.69, 9.17) is 21.3 Å². The van der Waals surface area contributed by atoms with Crippen LogP contribution >= 0.6 is 11.6 Å². The van der Waals surface area contributed by atoms with E-state index >= 15 is 0 Å². The molecular weight excluding hydrogens is 602 g/mol. The molecule has 11 heteroatoms. The second-order valence-electron chi connectivity index (χ2n) is 14.1. The zero-order valence-electron chi connectivity index (χ0n) is 27.8. The van der Waals surface area contributed by atoms with Gasteiger partial charge in [-0.2, -0.15) is 5.21 Å². The third-order valence-electron chi connectivity index (χ3n) is 9.33. The molecule has 1 saturated carbocycles. The van der Waals surface area contributed by atoms with Gasteiger partial charge in [0.15, 0.2) is 5.82 Å². The first-order valence-corrected chi connectivity index (χ1v) is 16.8. The Morgan fingerprint density at radius 3 is 2.46 bits per heavy atom. The van der Waals surface area contributed by atoms with Crippen molar-refractivity contribution in [3.8, 4) is 5.75 Å². The van der Waals surface area contributed by atoms with Crippen LogP contribution in [0.4, 0.5) is 0 Å². The van der Waals surface area contributed by atoms with Crippen LogP contribution < -0.4 is 10.1 Å². The first-order valence-electron chi connectivity index (χ1n) is 16.4. The van der Waals surface area contributed by atoms with Crippen molar-refractivity contribution < 1.29 is 14.3 Å². The molecule has 0 radical (unpaired) electrons. The minimum absolute atomic E-state index is 0.0887. The zero-order chi connectivity index (χ0) is 33.1. The minimum atomic E-state index is -0.631. The number of tetrazole rings is 1. The van der Waals surface area contributed by atoms with Gasteiger partial charge in [0.2, 0.25) is 0 Å². The second-order valence-corrected chi connectivity index (χ2v) is 14.5. The maximum absolute atomic E-state index is 14.5. The molecule has 1 fully saturated rings. The van der Waals surface area contributed by atoms with E-state index in [2.05, 4.69) is 67.5 Å². The Labute approximate surface area is 276 Å². The number of nitrogens with one attached hydrogen (secondary N) is 2. The van der Waals surface area contributed by atoms with E-state index < -0.39 is 5.66 Å². The summed E-state index contributed by atoms with van der Waals surface area (Å²) in [4.78, 5) is 34.5. The Balaban J connectivity index is 1.40. The van der Waals surface area contributed by atoms with Gasteiger partial charge in [-0.1, -0.05) is 70.5 Å². The molecule has 5 rings (SSSR count). The molecule has 1 aromatic heterocycles. The van der Waals surface area contributed by atoms with Crippen molar-refractivity contribution in [2.75, 3.05) is 6.61 Å². The molecule has 1 spiro atoms. The number of aliphatic imine (C=N–C) groups is 1. The summed E-state index contributed by atoms with van der Waals surface area (Å²) >= 11 is 6.70. The van der Waals surface area contributed by atoms with Crippen molar-refractivity contribution in [3.63, 3.8) is 0 Å². The van der Waals surface area contributed by atoms with Gasteiger partial charge in [0.25, 0.3) is 11.8 Å². The van der Waals surface area contributed by atoms with Gasteiger partial charge in [0.1, 0.15) is 17.1 Å². The highest BCUT2D eigenvalue weighted by atomic mass is 35.5. The van der Waals surface area contributed by atoms with Crippen LogP contribution in [0.15, 0.2) is 47.5 Å². The lowest BCUT2D eigenvalue weighted by Gasteiger charge is -2.46. The number of halogens is 1. The van der Waals surface area contributed by atoms with Crippen LogP contribution in [0, 0.1) is 17.3 Å². The average Bonchev–Trinajstić information content (AvgIpc) is 3.64. The van der Waals surface area contributed by atoms with E-state index in [9.17, 15) is 9.59 Å². The zero-order valence-corrected chi connectivity index (χ0v) is 28.5. The molecule has 2 N–H and O–H groups in total. The number of benzene rings is 2. The van der Waals surface area contributed by atoms with E-state index in [-0.39, 0.29) is 29.8 Å². The Morgan fingerprint density at radius 1 is 1.15 bits per heavy atom. The third kappa shape index (κ3) is 7.43.